The van der Waals surface area contributed by atoms with Gasteiger partial charge < -0.3 is 20.3 Å². The van der Waals surface area contributed by atoms with Crippen molar-refractivity contribution in [3.63, 3.8) is 0 Å². The van der Waals surface area contributed by atoms with Crippen LogP contribution in [0.15, 0.2) is 18.2 Å². The van der Waals surface area contributed by atoms with Crippen molar-refractivity contribution in [3.05, 3.63) is 35.2 Å². The predicted octanol–water partition coefficient (Wildman–Crippen LogP) is 2.59. The number of aromatic nitrogens is 2. The number of likely N-dealkylation sites (N-methyl/N-ethyl adjacent to an activating group) is 1. The Morgan fingerprint density at radius 2 is 2.11 bits per heavy atom. The van der Waals surface area contributed by atoms with E-state index >= 15 is 0 Å². The normalized spacial score (nSPS) is 13.2. The number of hydrogen-bond donors (Lipinski definition) is 2. The lowest BCUT2D eigenvalue weighted by molar-refractivity contribution is -0.120. The van der Waals surface area contributed by atoms with E-state index in [2.05, 4.69) is 22.7 Å². The zero-order valence-corrected chi connectivity index (χ0v) is 16.1. The van der Waals surface area contributed by atoms with E-state index in [1.165, 1.54) is 0 Å². The second kappa shape index (κ2) is 7.69. The summed E-state index contributed by atoms with van der Waals surface area (Å²) in [4.78, 5) is 25.5. The van der Waals surface area contributed by atoms with E-state index in [-0.39, 0.29) is 18.5 Å². The standard InChI is InChI=1S/C19H25N5O3/c1-5-8-24-13(3)15(12(2)22-24)10-20-19(26)21-14-6-7-16-17(9-14)27-11-18(25)23(16)4/h6-7,9H,5,8,10-11H2,1-4H3,(H2,20,21,26). The summed E-state index contributed by atoms with van der Waals surface area (Å²) >= 11 is 0. The molecule has 3 rings (SSSR count). The first-order valence-corrected chi connectivity index (χ1v) is 9.01. The SMILES string of the molecule is CCCn1nc(C)c(CNC(=O)Nc2ccc3c(c2)OCC(=O)N3C)c1C. The fourth-order valence-corrected chi connectivity index (χ4v) is 3.12. The van der Waals surface area contributed by atoms with E-state index < -0.39 is 0 Å². The minimum Gasteiger partial charge on any atom is -0.481 e. The topological polar surface area (TPSA) is 88.5 Å². The summed E-state index contributed by atoms with van der Waals surface area (Å²) in [6, 6.07) is 4.91. The van der Waals surface area contributed by atoms with Gasteiger partial charge in [0.15, 0.2) is 6.61 Å². The van der Waals surface area contributed by atoms with Crippen molar-refractivity contribution in [1.29, 1.82) is 0 Å². The van der Waals surface area contributed by atoms with Gasteiger partial charge in [-0.3, -0.25) is 9.48 Å². The highest BCUT2D eigenvalue weighted by Crippen LogP contribution is 2.33. The Labute approximate surface area is 158 Å². The number of urea groups is 1. The molecule has 0 saturated heterocycles. The fraction of sp³-hybridized carbons (Fsp3) is 0.421. The van der Waals surface area contributed by atoms with Crippen molar-refractivity contribution in [2.24, 2.45) is 0 Å². The van der Waals surface area contributed by atoms with Crippen molar-refractivity contribution < 1.29 is 14.3 Å². The van der Waals surface area contributed by atoms with Crippen LogP contribution in [0, 0.1) is 13.8 Å². The molecule has 0 fully saturated rings. The van der Waals surface area contributed by atoms with Crippen molar-refractivity contribution in [1.82, 2.24) is 15.1 Å². The van der Waals surface area contributed by atoms with Gasteiger partial charge in [-0.2, -0.15) is 5.10 Å². The Morgan fingerprint density at radius 3 is 2.85 bits per heavy atom. The summed E-state index contributed by atoms with van der Waals surface area (Å²) in [7, 11) is 1.70. The molecule has 1 aromatic carbocycles. The monoisotopic (exact) mass is 371 g/mol. The first-order valence-electron chi connectivity index (χ1n) is 9.01. The van der Waals surface area contributed by atoms with E-state index in [0.717, 1.165) is 29.9 Å². The minimum absolute atomic E-state index is 0.000543. The summed E-state index contributed by atoms with van der Waals surface area (Å²) in [6.07, 6.45) is 1.01. The van der Waals surface area contributed by atoms with Crippen LogP contribution in [-0.4, -0.2) is 35.4 Å². The fourth-order valence-electron chi connectivity index (χ4n) is 3.12. The third-order valence-corrected chi connectivity index (χ3v) is 4.70. The van der Waals surface area contributed by atoms with Crippen LogP contribution in [0.2, 0.25) is 0 Å². The Hall–Kier alpha value is -3.03. The lowest BCUT2D eigenvalue weighted by Gasteiger charge is -2.26. The zero-order chi connectivity index (χ0) is 19.6. The number of hydrogen-bond acceptors (Lipinski definition) is 4. The van der Waals surface area contributed by atoms with Gasteiger partial charge in [-0.05, 0) is 32.4 Å². The molecule has 0 saturated carbocycles. The molecule has 0 aliphatic carbocycles. The van der Waals surface area contributed by atoms with E-state index in [0.29, 0.717) is 23.7 Å². The van der Waals surface area contributed by atoms with Crippen LogP contribution >= 0.6 is 0 Å². The summed E-state index contributed by atoms with van der Waals surface area (Å²) in [5, 5.41) is 10.2. The summed E-state index contributed by atoms with van der Waals surface area (Å²) in [5.41, 5.74) is 4.32. The molecule has 1 aliphatic rings. The Morgan fingerprint density at radius 1 is 1.33 bits per heavy atom. The predicted molar refractivity (Wildman–Crippen MR) is 103 cm³/mol. The van der Waals surface area contributed by atoms with E-state index in [1.54, 1.807) is 30.1 Å². The van der Waals surface area contributed by atoms with Crippen LogP contribution < -0.4 is 20.3 Å². The number of ether oxygens (including phenoxy) is 1. The van der Waals surface area contributed by atoms with Gasteiger partial charge in [0.25, 0.3) is 5.91 Å². The number of carbonyl (C=O) groups is 2. The number of amides is 3. The van der Waals surface area contributed by atoms with Gasteiger partial charge in [-0.15, -0.1) is 0 Å². The molecule has 3 amide bonds. The maximum Gasteiger partial charge on any atom is 0.319 e. The number of nitrogens with zero attached hydrogens (tertiary/aromatic N) is 3. The Balaban J connectivity index is 1.63. The number of aryl methyl sites for hydroxylation is 2. The summed E-state index contributed by atoms with van der Waals surface area (Å²) in [6.45, 7) is 7.35. The molecule has 0 bridgehead atoms. The number of fused-ring (bicyclic) bond motifs is 1. The lowest BCUT2D eigenvalue weighted by atomic mass is 10.2. The van der Waals surface area contributed by atoms with Crippen molar-refractivity contribution in [3.8, 4) is 5.75 Å². The molecule has 8 nitrogen and oxygen atoms in total. The molecule has 0 atom stereocenters. The molecule has 27 heavy (non-hydrogen) atoms. The average molecular weight is 371 g/mol. The molecule has 2 aromatic rings. The molecule has 1 aromatic heterocycles. The van der Waals surface area contributed by atoms with Gasteiger partial charge in [0, 0.05) is 43.1 Å². The second-order valence-corrected chi connectivity index (χ2v) is 6.60. The van der Waals surface area contributed by atoms with Crippen LogP contribution in [0.5, 0.6) is 5.75 Å². The molecule has 0 radical (unpaired) electrons. The van der Waals surface area contributed by atoms with E-state index in [1.807, 2.05) is 18.5 Å². The van der Waals surface area contributed by atoms with Crippen LogP contribution in [-0.2, 0) is 17.9 Å². The van der Waals surface area contributed by atoms with Gasteiger partial charge in [-0.25, -0.2) is 4.79 Å². The van der Waals surface area contributed by atoms with Gasteiger partial charge in [0.2, 0.25) is 0 Å². The number of nitrogens with one attached hydrogen (secondary N) is 2. The van der Waals surface area contributed by atoms with Crippen LogP contribution in [0.25, 0.3) is 0 Å². The van der Waals surface area contributed by atoms with Crippen molar-refractivity contribution in [2.45, 2.75) is 40.3 Å². The molecule has 144 valence electrons. The number of anilines is 2. The number of rotatable bonds is 5. The lowest BCUT2D eigenvalue weighted by Crippen LogP contribution is -2.35. The molecule has 0 unspecified atom stereocenters. The quantitative estimate of drug-likeness (QED) is 0.845. The Bertz CT molecular complexity index is 874. The zero-order valence-electron chi connectivity index (χ0n) is 16.1. The molecule has 0 spiro atoms. The third-order valence-electron chi connectivity index (χ3n) is 4.70. The Kier molecular flexibility index (Phi) is 5.34. The maximum atomic E-state index is 12.3. The minimum atomic E-state index is -0.308. The van der Waals surface area contributed by atoms with E-state index in [9.17, 15) is 9.59 Å². The smallest absolute Gasteiger partial charge is 0.319 e. The van der Waals surface area contributed by atoms with Crippen LogP contribution in [0.3, 0.4) is 0 Å². The van der Waals surface area contributed by atoms with Gasteiger partial charge in [0.1, 0.15) is 5.75 Å². The molecular formula is C19H25N5O3. The molecule has 1 aliphatic heterocycles. The van der Waals surface area contributed by atoms with Gasteiger partial charge in [0.05, 0.1) is 11.4 Å². The molecular weight excluding hydrogens is 346 g/mol. The number of benzene rings is 1. The highest BCUT2D eigenvalue weighted by molar-refractivity contribution is 5.98. The highest BCUT2D eigenvalue weighted by atomic mass is 16.5. The molecule has 8 heteroatoms. The molecule has 2 N–H and O–H groups in total. The van der Waals surface area contributed by atoms with Gasteiger partial charge >= 0.3 is 6.03 Å². The first kappa shape index (κ1) is 18.8. The molecule has 2 heterocycles. The summed E-state index contributed by atoms with van der Waals surface area (Å²) < 4.78 is 7.42. The number of carbonyl (C=O) groups excluding carboxylic acids is 2. The van der Waals surface area contributed by atoms with Crippen LogP contribution in [0.1, 0.15) is 30.3 Å². The first-order chi connectivity index (χ1) is 12.9. The van der Waals surface area contributed by atoms with Gasteiger partial charge in [-0.1, -0.05) is 6.92 Å². The average Bonchev–Trinajstić information content (AvgIpc) is 2.90. The highest BCUT2D eigenvalue weighted by Gasteiger charge is 2.22. The largest absolute Gasteiger partial charge is 0.481 e. The van der Waals surface area contributed by atoms with Crippen molar-refractivity contribution >= 4 is 23.3 Å². The second-order valence-electron chi connectivity index (χ2n) is 6.60. The van der Waals surface area contributed by atoms with E-state index in [4.69, 9.17) is 4.74 Å². The maximum absolute atomic E-state index is 12.3. The van der Waals surface area contributed by atoms with Crippen molar-refractivity contribution in [2.75, 3.05) is 23.9 Å². The summed E-state index contributed by atoms with van der Waals surface area (Å²) in [5.74, 6) is 0.470. The third kappa shape index (κ3) is 3.89. The van der Waals surface area contributed by atoms with Crippen LogP contribution in [0.4, 0.5) is 16.2 Å².